The van der Waals surface area contributed by atoms with Crippen LogP contribution in [0.15, 0.2) is 65.7 Å². The van der Waals surface area contributed by atoms with E-state index in [1.165, 1.54) is 28.5 Å². The highest BCUT2D eigenvalue weighted by atomic mass is 19.1. The van der Waals surface area contributed by atoms with Gasteiger partial charge in [0.2, 0.25) is 0 Å². The Kier molecular flexibility index (Phi) is 3.30. The number of aliphatic imine (C=N–C) groups is 1. The Morgan fingerprint density at radius 3 is 2.65 bits per heavy atom. The second-order valence-electron chi connectivity index (χ2n) is 5.84. The number of fused-ring (bicyclic) bond motifs is 2. The van der Waals surface area contributed by atoms with Gasteiger partial charge in [0.1, 0.15) is 5.82 Å². The number of hydrogen-bond acceptors (Lipinski definition) is 1. The number of hydrogen-bond donors (Lipinski definition) is 0. The molecular formula is C21H16FN. The molecular weight excluding hydrogens is 285 g/mol. The Bertz CT molecular complexity index is 967. The van der Waals surface area contributed by atoms with Crippen molar-refractivity contribution in [1.29, 1.82) is 0 Å². The normalized spacial score (nSPS) is 13.6. The van der Waals surface area contributed by atoms with Gasteiger partial charge in [-0.3, -0.25) is 4.99 Å². The number of nitrogens with zero attached hydrogens (tertiary/aromatic N) is 1. The predicted molar refractivity (Wildman–Crippen MR) is 94.9 cm³/mol. The zero-order valence-corrected chi connectivity index (χ0v) is 12.9. The molecule has 0 amide bonds. The molecule has 0 fully saturated rings. The van der Waals surface area contributed by atoms with Crippen molar-refractivity contribution >= 4 is 28.2 Å². The summed E-state index contributed by atoms with van der Waals surface area (Å²) in [4.78, 5) is 4.82. The van der Waals surface area contributed by atoms with Gasteiger partial charge in [-0.05, 0) is 41.5 Å². The van der Waals surface area contributed by atoms with Crippen molar-refractivity contribution in [2.75, 3.05) is 0 Å². The van der Waals surface area contributed by atoms with Crippen molar-refractivity contribution in [3.05, 3.63) is 83.2 Å². The zero-order valence-electron chi connectivity index (χ0n) is 12.9. The van der Waals surface area contributed by atoms with Crippen LogP contribution in [0.4, 0.5) is 10.1 Å². The number of halogens is 1. The first-order valence-corrected chi connectivity index (χ1v) is 7.75. The summed E-state index contributed by atoms with van der Waals surface area (Å²) >= 11 is 0. The number of rotatable bonds is 1. The van der Waals surface area contributed by atoms with Crippen molar-refractivity contribution in [1.82, 2.24) is 0 Å². The topological polar surface area (TPSA) is 12.4 Å². The van der Waals surface area contributed by atoms with Gasteiger partial charge in [-0.15, -0.1) is 0 Å². The lowest BCUT2D eigenvalue weighted by atomic mass is 9.96. The van der Waals surface area contributed by atoms with Gasteiger partial charge in [0.25, 0.3) is 0 Å². The number of benzene rings is 3. The van der Waals surface area contributed by atoms with Crippen molar-refractivity contribution < 1.29 is 4.39 Å². The second kappa shape index (κ2) is 5.47. The molecule has 0 spiro atoms. The summed E-state index contributed by atoms with van der Waals surface area (Å²) in [5.41, 5.74) is 5.07. The minimum absolute atomic E-state index is 0.229. The molecule has 1 aliphatic rings. The fraction of sp³-hybridized carbons (Fsp3) is 0.0952. The molecule has 2 heteroatoms. The Balaban J connectivity index is 1.93. The van der Waals surface area contributed by atoms with E-state index >= 15 is 0 Å². The minimum atomic E-state index is -0.229. The van der Waals surface area contributed by atoms with Crippen molar-refractivity contribution in [2.45, 2.75) is 13.3 Å². The van der Waals surface area contributed by atoms with Crippen LogP contribution < -0.4 is 0 Å². The van der Waals surface area contributed by atoms with Crippen LogP contribution in [0.1, 0.15) is 23.1 Å². The highest BCUT2D eigenvalue weighted by molar-refractivity contribution is 6.13. The molecule has 1 nitrogen and oxygen atoms in total. The SMILES string of the molecule is Cc1ccc(C2=Nc3ccc(F)cc3C=CC2)c2ccccc12. The zero-order chi connectivity index (χ0) is 15.8. The van der Waals surface area contributed by atoms with E-state index in [4.69, 9.17) is 4.99 Å². The molecule has 4 rings (SSSR count). The molecule has 0 aliphatic carbocycles. The van der Waals surface area contributed by atoms with E-state index in [9.17, 15) is 4.39 Å². The van der Waals surface area contributed by atoms with Crippen LogP contribution in [-0.4, -0.2) is 5.71 Å². The third-order valence-corrected chi connectivity index (χ3v) is 4.31. The van der Waals surface area contributed by atoms with Crippen LogP contribution in [0.25, 0.3) is 16.8 Å². The van der Waals surface area contributed by atoms with E-state index in [0.717, 1.165) is 28.9 Å². The molecule has 0 N–H and O–H groups in total. The molecule has 0 atom stereocenters. The molecule has 3 aromatic carbocycles. The van der Waals surface area contributed by atoms with E-state index in [2.05, 4.69) is 49.4 Å². The largest absolute Gasteiger partial charge is 0.252 e. The Labute approximate surface area is 134 Å². The summed E-state index contributed by atoms with van der Waals surface area (Å²) in [7, 11) is 0. The van der Waals surface area contributed by atoms with Gasteiger partial charge in [-0.2, -0.15) is 0 Å². The van der Waals surface area contributed by atoms with E-state index in [1.807, 2.05) is 6.08 Å². The smallest absolute Gasteiger partial charge is 0.123 e. The average molecular weight is 301 g/mol. The molecule has 0 unspecified atom stereocenters. The van der Waals surface area contributed by atoms with Crippen LogP contribution in [0.2, 0.25) is 0 Å². The summed E-state index contributed by atoms with van der Waals surface area (Å²) in [6, 6.07) is 17.4. The van der Waals surface area contributed by atoms with Crippen LogP contribution in [0.3, 0.4) is 0 Å². The second-order valence-corrected chi connectivity index (χ2v) is 5.84. The van der Waals surface area contributed by atoms with Gasteiger partial charge in [0.05, 0.1) is 11.4 Å². The van der Waals surface area contributed by atoms with E-state index in [1.54, 1.807) is 6.07 Å². The lowest BCUT2D eigenvalue weighted by Gasteiger charge is -2.10. The molecule has 0 saturated heterocycles. The van der Waals surface area contributed by atoms with Crippen LogP contribution in [-0.2, 0) is 0 Å². The summed E-state index contributed by atoms with van der Waals surface area (Å²) in [5, 5.41) is 2.46. The van der Waals surface area contributed by atoms with E-state index in [0.29, 0.717) is 0 Å². The number of aryl methyl sites for hydroxylation is 1. The summed E-state index contributed by atoms with van der Waals surface area (Å²) in [6.07, 6.45) is 4.74. The minimum Gasteiger partial charge on any atom is -0.252 e. The Morgan fingerprint density at radius 2 is 1.78 bits per heavy atom. The summed E-state index contributed by atoms with van der Waals surface area (Å²) < 4.78 is 13.4. The van der Waals surface area contributed by atoms with Gasteiger partial charge < -0.3 is 0 Å². The first kappa shape index (κ1) is 13.9. The van der Waals surface area contributed by atoms with Gasteiger partial charge in [0, 0.05) is 17.5 Å². The molecule has 0 radical (unpaired) electrons. The van der Waals surface area contributed by atoms with Gasteiger partial charge in [-0.1, -0.05) is 48.6 Å². The predicted octanol–water partition coefficient (Wildman–Crippen LogP) is 5.83. The average Bonchev–Trinajstić information content (AvgIpc) is 2.77. The maximum absolute atomic E-state index is 13.4. The molecule has 1 aliphatic heterocycles. The van der Waals surface area contributed by atoms with Crippen LogP contribution >= 0.6 is 0 Å². The molecule has 0 bridgehead atoms. The quantitative estimate of drug-likeness (QED) is 0.536. The first-order valence-electron chi connectivity index (χ1n) is 7.75. The maximum atomic E-state index is 13.4. The summed E-state index contributed by atoms with van der Waals surface area (Å²) in [5.74, 6) is -0.229. The van der Waals surface area contributed by atoms with Crippen LogP contribution in [0, 0.1) is 12.7 Å². The van der Waals surface area contributed by atoms with Gasteiger partial charge in [-0.25, -0.2) is 4.39 Å². The molecule has 0 aromatic heterocycles. The first-order chi connectivity index (χ1) is 11.2. The van der Waals surface area contributed by atoms with Crippen molar-refractivity contribution in [2.24, 2.45) is 4.99 Å². The lowest BCUT2D eigenvalue weighted by molar-refractivity contribution is 0.627. The molecule has 1 heterocycles. The molecule has 0 saturated carbocycles. The molecule has 3 aromatic rings. The van der Waals surface area contributed by atoms with Crippen molar-refractivity contribution in [3.8, 4) is 0 Å². The Hall–Kier alpha value is -2.74. The van der Waals surface area contributed by atoms with Crippen LogP contribution in [0.5, 0.6) is 0 Å². The highest BCUT2D eigenvalue weighted by Crippen LogP contribution is 2.29. The van der Waals surface area contributed by atoms with E-state index in [-0.39, 0.29) is 5.82 Å². The van der Waals surface area contributed by atoms with E-state index < -0.39 is 0 Å². The molecule has 23 heavy (non-hydrogen) atoms. The van der Waals surface area contributed by atoms with Gasteiger partial charge in [0.15, 0.2) is 0 Å². The fourth-order valence-electron chi connectivity index (χ4n) is 3.12. The third-order valence-electron chi connectivity index (χ3n) is 4.31. The lowest BCUT2D eigenvalue weighted by Crippen LogP contribution is -2.00. The fourth-order valence-corrected chi connectivity index (χ4v) is 3.12. The Morgan fingerprint density at radius 1 is 0.957 bits per heavy atom. The summed E-state index contributed by atoms with van der Waals surface area (Å²) in [6.45, 7) is 2.12. The van der Waals surface area contributed by atoms with Gasteiger partial charge >= 0.3 is 0 Å². The molecule has 112 valence electrons. The maximum Gasteiger partial charge on any atom is 0.123 e. The monoisotopic (exact) mass is 301 g/mol. The third kappa shape index (κ3) is 2.46. The van der Waals surface area contributed by atoms with Crippen molar-refractivity contribution in [3.63, 3.8) is 0 Å². The highest BCUT2D eigenvalue weighted by Gasteiger charge is 2.12. The standard InChI is InChI=1S/C21H16FN/c1-14-9-11-19(18-7-3-2-6-17(14)18)21-8-4-5-15-13-16(22)10-12-20(15)23-21/h2-7,9-13H,8H2,1H3. The number of allylic oxidation sites excluding steroid dienone is 1.